The van der Waals surface area contributed by atoms with Gasteiger partial charge in [-0.2, -0.15) is 0 Å². The molecule has 1 aliphatic heterocycles. The van der Waals surface area contributed by atoms with Gasteiger partial charge in [0.2, 0.25) is 0 Å². The van der Waals surface area contributed by atoms with Crippen molar-refractivity contribution < 1.29 is 19.1 Å². The Morgan fingerprint density at radius 2 is 1.52 bits per heavy atom. The van der Waals surface area contributed by atoms with Gasteiger partial charge in [0.25, 0.3) is 0 Å². The van der Waals surface area contributed by atoms with Crippen molar-refractivity contribution in [3.8, 4) is 11.5 Å². The van der Waals surface area contributed by atoms with Gasteiger partial charge in [-0.15, -0.1) is 11.3 Å². The van der Waals surface area contributed by atoms with E-state index >= 15 is 0 Å². The minimum atomic E-state index is -0.386. The van der Waals surface area contributed by atoms with Crippen LogP contribution in [-0.2, 0) is 0 Å². The summed E-state index contributed by atoms with van der Waals surface area (Å²) in [6.45, 7) is 3.91. The zero-order chi connectivity index (χ0) is 27.3. The molecule has 0 spiro atoms. The fraction of sp³-hybridized carbons (Fsp3) is 0.353. The molecule has 0 bridgehead atoms. The van der Waals surface area contributed by atoms with E-state index in [1.807, 2.05) is 54.6 Å². The molecule has 2 aliphatic rings. The Morgan fingerprint density at radius 3 is 2.27 bits per heavy atom. The fourth-order valence-electron chi connectivity index (χ4n) is 5.93. The number of thiophene rings is 1. The van der Waals surface area contributed by atoms with E-state index in [2.05, 4.69) is 4.90 Å². The number of hydrogen-bond acceptors (Lipinski definition) is 6. The Labute approximate surface area is 239 Å². The van der Waals surface area contributed by atoms with Gasteiger partial charge in [-0.1, -0.05) is 37.5 Å². The van der Waals surface area contributed by atoms with E-state index in [4.69, 9.17) is 9.47 Å². The second-order valence-electron chi connectivity index (χ2n) is 10.8. The maximum absolute atomic E-state index is 14.0. The summed E-state index contributed by atoms with van der Waals surface area (Å²) in [6, 6.07) is 22.2. The molecular weight excluding hydrogens is 518 g/mol. The van der Waals surface area contributed by atoms with Gasteiger partial charge in [0.15, 0.2) is 5.78 Å². The van der Waals surface area contributed by atoms with E-state index in [1.54, 1.807) is 29.5 Å². The Morgan fingerprint density at radius 1 is 0.800 bits per heavy atom. The summed E-state index contributed by atoms with van der Waals surface area (Å²) in [7, 11) is 0. The highest BCUT2D eigenvalue weighted by Crippen LogP contribution is 2.44. The molecule has 1 aliphatic carbocycles. The van der Waals surface area contributed by atoms with Gasteiger partial charge in [0.1, 0.15) is 18.1 Å². The first-order chi connectivity index (χ1) is 19.7. The molecule has 5 nitrogen and oxygen atoms in total. The van der Waals surface area contributed by atoms with Crippen LogP contribution in [0, 0.1) is 0 Å². The van der Waals surface area contributed by atoms with Crippen LogP contribution in [0.2, 0.25) is 0 Å². The van der Waals surface area contributed by atoms with Crippen LogP contribution in [0.1, 0.15) is 82.0 Å². The van der Waals surface area contributed by atoms with E-state index in [0.29, 0.717) is 29.4 Å². The third kappa shape index (κ3) is 5.98. The number of fused-ring (bicyclic) bond motifs is 1. The van der Waals surface area contributed by atoms with Crippen molar-refractivity contribution in [1.82, 2.24) is 4.90 Å². The molecular formula is C34H35NO4S. The summed E-state index contributed by atoms with van der Waals surface area (Å²) in [5.41, 5.74) is 1.98. The van der Waals surface area contributed by atoms with E-state index in [1.165, 1.54) is 32.1 Å². The highest BCUT2D eigenvalue weighted by Gasteiger charge is 2.27. The Kier molecular flexibility index (Phi) is 8.26. The number of carbonyl (C=O) groups excluding carboxylic acids is 2. The second kappa shape index (κ2) is 12.4. The van der Waals surface area contributed by atoms with Gasteiger partial charge in [-0.3, -0.25) is 9.69 Å². The predicted octanol–water partition coefficient (Wildman–Crippen LogP) is 7.87. The molecule has 2 fully saturated rings. The molecule has 2 heterocycles. The van der Waals surface area contributed by atoms with Crippen molar-refractivity contribution in [2.45, 2.75) is 50.9 Å². The summed E-state index contributed by atoms with van der Waals surface area (Å²) >= 11 is 1.68. The first-order valence-electron chi connectivity index (χ1n) is 14.5. The minimum absolute atomic E-state index is 0.0458. The van der Waals surface area contributed by atoms with Gasteiger partial charge >= 0.3 is 5.97 Å². The Bertz CT molecular complexity index is 1470. The Balaban J connectivity index is 1.24. The molecule has 0 N–H and O–H groups in total. The van der Waals surface area contributed by atoms with Crippen molar-refractivity contribution in [3.05, 3.63) is 94.4 Å². The quantitative estimate of drug-likeness (QED) is 0.120. The molecule has 1 saturated carbocycles. The van der Waals surface area contributed by atoms with Crippen molar-refractivity contribution in [1.29, 1.82) is 0 Å². The molecule has 206 valence electrons. The first kappa shape index (κ1) is 26.7. The van der Waals surface area contributed by atoms with Crippen LogP contribution >= 0.6 is 11.3 Å². The summed E-state index contributed by atoms with van der Waals surface area (Å²) in [6.07, 6.45) is 8.39. The van der Waals surface area contributed by atoms with Crippen LogP contribution < -0.4 is 9.47 Å². The monoisotopic (exact) mass is 553 g/mol. The lowest BCUT2D eigenvalue weighted by molar-refractivity contribution is 0.0734. The lowest BCUT2D eigenvalue weighted by Crippen LogP contribution is -2.25. The number of rotatable bonds is 9. The lowest BCUT2D eigenvalue weighted by Gasteiger charge is -2.21. The van der Waals surface area contributed by atoms with Crippen molar-refractivity contribution in [2.75, 3.05) is 26.2 Å². The molecule has 1 saturated heterocycles. The predicted molar refractivity (Wildman–Crippen MR) is 160 cm³/mol. The number of carbonyl (C=O) groups is 2. The number of ketones is 1. The lowest BCUT2D eigenvalue weighted by atomic mass is 9.85. The van der Waals surface area contributed by atoms with Gasteiger partial charge in [-0.25, -0.2) is 4.79 Å². The van der Waals surface area contributed by atoms with Gasteiger partial charge in [0, 0.05) is 32.6 Å². The smallest absolute Gasteiger partial charge is 0.343 e. The summed E-state index contributed by atoms with van der Waals surface area (Å²) in [5, 5.41) is 0.932. The average molecular weight is 554 g/mol. The van der Waals surface area contributed by atoms with E-state index < -0.39 is 0 Å². The van der Waals surface area contributed by atoms with E-state index in [0.717, 1.165) is 58.8 Å². The highest BCUT2D eigenvalue weighted by molar-refractivity contribution is 7.19. The third-order valence-electron chi connectivity index (χ3n) is 8.10. The number of likely N-dealkylation sites (tertiary alicyclic amines) is 1. The SMILES string of the molecule is O=C(Oc1ccc2c(C(=O)c3ccc(OCCN4CCCC4)cc3)c(C3CCCCC3)sc2c1)c1ccccc1. The van der Waals surface area contributed by atoms with Crippen LogP contribution in [0.25, 0.3) is 10.1 Å². The van der Waals surface area contributed by atoms with Crippen LogP contribution in [0.5, 0.6) is 11.5 Å². The van der Waals surface area contributed by atoms with Crippen LogP contribution in [0.4, 0.5) is 0 Å². The molecule has 1 aromatic heterocycles. The molecule has 40 heavy (non-hydrogen) atoms. The standard InChI is InChI=1S/C34H35NO4S/c36-32(24-13-15-27(16-14-24)38-22-21-35-19-7-8-20-35)31-29-18-17-28(39-34(37)26-11-5-2-6-12-26)23-30(29)40-33(31)25-9-3-1-4-10-25/h2,5-6,11-18,23,25H,1,3-4,7-10,19-22H2. The zero-order valence-electron chi connectivity index (χ0n) is 22.8. The molecule has 3 aromatic carbocycles. The van der Waals surface area contributed by atoms with Crippen molar-refractivity contribution >= 4 is 33.2 Å². The Hall–Kier alpha value is -3.48. The molecule has 0 atom stereocenters. The van der Waals surface area contributed by atoms with Crippen LogP contribution in [0.15, 0.2) is 72.8 Å². The highest BCUT2D eigenvalue weighted by atomic mass is 32.1. The van der Waals surface area contributed by atoms with Gasteiger partial charge < -0.3 is 9.47 Å². The molecule has 6 rings (SSSR count). The average Bonchev–Trinajstić information content (AvgIpc) is 3.66. The molecule has 0 amide bonds. The third-order valence-corrected chi connectivity index (χ3v) is 9.42. The van der Waals surface area contributed by atoms with Gasteiger partial charge in [-0.05, 0) is 99.3 Å². The van der Waals surface area contributed by atoms with Crippen LogP contribution in [0.3, 0.4) is 0 Å². The minimum Gasteiger partial charge on any atom is -0.492 e. The topological polar surface area (TPSA) is 55.8 Å². The summed E-state index contributed by atoms with van der Waals surface area (Å²) < 4.78 is 12.6. The largest absolute Gasteiger partial charge is 0.492 e. The zero-order valence-corrected chi connectivity index (χ0v) is 23.6. The maximum Gasteiger partial charge on any atom is 0.343 e. The van der Waals surface area contributed by atoms with E-state index in [-0.39, 0.29) is 11.8 Å². The van der Waals surface area contributed by atoms with Crippen LogP contribution in [-0.4, -0.2) is 42.9 Å². The number of hydrogen-bond donors (Lipinski definition) is 0. The van der Waals surface area contributed by atoms with E-state index in [9.17, 15) is 9.59 Å². The summed E-state index contributed by atoms with van der Waals surface area (Å²) in [4.78, 5) is 30.2. The number of esters is 1. The molecule has 0 unspecified atom stereocenters. The van der Waals surface area contributed by atoms with Crippen molar-refractivity contribution in [3.63, 3.8) is 0 Å². The number of nitrogens with zero attached hydrogens (tertiary/aromatic N) is 1. The number of benzene rings is 3. The molecule has 4 aromatic rings. The first-order valence-corrected chi connectivity index (χ1v) is 15.3. The molecule has 6 heteroatoms. The van der Waals surface area contributed by atoms with Gasteiger partial charge in [0.05, 0.1) is 5.56 Å². The molecule has 0 radical (unpaired) electrons. The van der Waals surface area contributed by atoms with Crippen molar-refractivity contribution in [2.24, 2.45) is 0 Å². The number of ether oxygens (including phenoxy) is 2. The fourth-order valence-corrected chi connectivity index (χ4v) is 7.33. The second-order valence-corrected chi connectivity index (χ2v) is 11.9. The maximum atomic E-state index is 14.0. The normalized spacial score (nSPS) is 16.3. The summed E-state index contributed by atoms with van der Waals surface area (Å²) in [5.74, 6) is 1.33.